The predicted molar refractivity (Wildman–Crippen MR) is 55.9 cm³/mol. The Labute approximate surface area is 82.3 Å². The molecule has 72 valence electrons. The Bertz CT molecular complexity index is 69.5. The Balaban J connectivity index is -0.000000320. The Hall–Kier alpha value is 0.500. The summed E-state index contributed by atoms with van der Waals surface area (Å²) < 4.78 is 0. The summed E-state index contributed by atoms with van der Waals surface area (Å²) in [6, 6.07) is 0.675. The summed E-state index contributed by atoms with van der Waals surface area (Å²) in [6.45, 7) is 3.04. The zero-order chi connectivity index (χ0) is 7.28. The minimum Gasteiger partial charge on any atom is -0.330 e. The molecule has 1 unspecified atom stereocenters. The van der Waals surface area contributed by atoms with E-state index in [1.807, 2.05) is 0 Å². The van der Waals surface area contributed by atoms with Crippen LogP contribution in [0.3, 0.4) is 0 Å². The van der Waals surface area contributed by atoms with Gasteiger partial charge in [-0.1, -0.05) is 0 Å². The first kappa shape index (κ1) is 17.5. The van der Waals surface area contributed by atoms with E-state index in [-0.39, 0.29) is 24.8 Å². The van der Waals surface area contributed by atoms with Gasteiger partial charge in [-0.05, 0) is 40.4 Å². The van der Waals surface area contributed by atoms with Crippen LogP contribution >= 0.6 is 24.8 Å². The van der Waals surface area contributed by atoms with E-state index in [0.717, 1.165) is 13.0 Å². The van der Waals surface area contributed by atoms with Gasteiger partial charge in [0.15, 0.2) is 0 Å². The van der Waals surface area contributed by atoms with Crippen molar-refractivity contribution in [3.8, 4) is 0 Å². The van der Waals surface area contributed by atoms with E-state index < -0.39 is 0 Å². The molecule has 0 heterocycles. The molecule has 0 saturated carbocycles. The van der Waals surface area contributed by atoms with Crippen LogP contribution in [0.4, 0.5) is 0 Å². The number of nitrogens with two attached hydrogens (primary N) is 1. The van der Waals surface area contributed by atoms with Crippen molar-refractivity contribution in [3.05, 3.63) is 0 Å². The third-order valence-corrected chi connectivity index (χ3v) is 1.71. The molecule has 4 heteroatoms. The molecular formula is C7H20Cl2N2. The summed E-state index contributed by atoms with van der Waals surface area (Å²) in [4.78, 5) is 2.22. The number of hydrogen-bond donors (Lipinski definition) is 1. The second kappa shape index (κ2) is 10.5. The van der Waals surface area contributed by atoms with Gasteiger partial charge in [-0.15, -0.1) is 24.8 Å². The SMILES string of the molecule is CC(CCCN)N(C)C.Cl.Cl. The van der Waals surface area contributed by atoms with Crippen LogP contribution in [0, 0.1) is 0 Å². The molecule has 0 aromatic rings. The average molecular weight is 203 g/mol. The maximum atomic E-state index is 5.36. The van der Waals surface area contributed by atoms with Gasteiger partial charge in [0.25, 0.3) is 0 Å². The smallest absolute Gasteiger partial charge is 0.00613 e. The Morgan fingerprint density at radius 1 is 1.27 bits per heavy atom. The van der Waals surface area contributed by atoms with Crippen LogP contribution in [0.25, 0.3) is 0 Å². The topological polar surface area (TPSA) is 29.3 Å². The standard InChI is InChI=1S/C7H18N2.2ClH/c1-7(9(2)3)5-4-6-8;;/h7H,4-6,8H2,1-3H3;2*1H. The molecule has 0 spiro atoms. The first-order chi connectivity index (χ1) is 4.18. The fourth-order valence-corrected chi connectivity index (χ4v) is 0.671. The van der Waals surface area contributed by atoms with Crippen LogP contribution in [0.5, 0.6) is 0 Å². The lowest BCUT2D eigenvalue weighted by Gasteiger charge is -2.18. The fraction of sp³-hybridized carbons (Fsp3) is 1.00. The van der Waals surface area contributed by atoms with Gasteiger partial charge in [0.05, 0.1) is 0 Å². The summed E-state index contributed by atoms with van der Waals surface area (Å²) in [6.07, 6.45) is 2.35. The highest BCUT2D eigenvalue weighted by molar-refractivity contribution is 5.85. The monoisotopic (exact) mass is 202 g/mol. The molecular weight excluding hydrogens is 183 g/mol. The van der Waals surface area contributed by atoms with Gasteiger partial charge < -0.3 is 10.6 Å². The summed E-state index contributed by atoms with van der Waals surface area (Å²) in [5.74, 6) is 0. The van der Waals surface area contributed by atoms with Gasteiger partial charge >= 0.3 is 0 Å². The summed E-state index contributed by atoms with van der Waals surface area (Å²) in [7, 11) is 4.20. The van der Waals surface area contributed by atoms with Crippen LogP contribution in [-0.4, -0.2) is 31.6 Å². The molecule has 0 aliphatic heterocycles. The minimum absolute atomic E-state index is 0. The van der Waals surface area contributed by atoms with Crippen molar-refractivity contribution in [2.75, 3.05) is 20.6 Å². The van der Waals surface area contributed by atoms with E-state index in [1.165, 1.54) is 6.42 Å². The summed E-state index contributed by atoms with van der Waals surface area (Å²) in [5, 5.41) is 0. The van der Waals surface area contributed by atoms with Crippen molar-refractivity contribution in [1.82, 2.24) is 4.90 Å². The highest BCUT2D eigenvalue weighted by atomic mass is 35.5. The van der Waals surface area contributed by atoms with E-state index in [2.05, 4.69) is 25.9 Å². The zero-order valence-electron chi connectivity index (χ0n) is 7.54. The van der Waals surface area contributed by atoms with Crippen LogP contribution in [-0.2, 0) is 0 Å². The maximum Gasteiger partial charge on any atom is 0.00613 e. The van der Waals surface area contributed by atoms with Crippen LogP contribution in [0.15, 0.2) is 0 Å². The van der Waals surface area contributed by atoms with Crippen molar-refractivity contribution in [2.24, 2.45) is 5.73 Å². The molecule has 11 heavy (non-hydrogen) atoms. The highest BCUT2D eigenvalue weighted by Crippen LogP contribution is 1.99. The Morgan fingerprint density at radius 2 is 1.73 bits per heavy atom. The van der Waals surface area contributed by atoms with Gasteiger partial charge in [-0.25, -0.2) is 0 Å². The summed E-state index contributed by atoms with van der Waals surface area (Å²) >= 11 is 0. The molecule has 2 N–H and O–H groups in total. The number of hydrogen-bond acceptors (Lipinski definition) is 2. The summed E-state index contributed by atoms with van der Waals surface area (Å²) in [5.41, 5.74) is 5.36. The van der Waals surface area contributed by atoms with Crippen LogP contribution in [0.2, 0.25) is 0 Å². The highest BCUT2D eigenvalue weighted by Gasteiger charge is 2.01. The average Bonchev–Trinajstić information content (AvgIpc) is 1.82. The molecule has 0 aliphatic rings. The molecule has 0 aromatic heterocycles. The predicted octanol–water partition coefficient (Wildman–Crippen LogP) is 1.52. The third-order valence-electron chi connectivity index (χ3n) is 1.71. The van der Waals surface area contributed by atoms with E-state index >= 15 is 0 Å². The van der Waals surface area contributed by atoms with Crippen molar-refractivity contribution >= 4 is 24.8 Å². The van der Waals surface area contributed by atoms with Gasteiger partial charge in [0.2, 0.25) is 0 Å². The lowest BCUT2D eigenvalue weighted by molar-refractivity contribution is 0.295. The largest absolute Gasteiger partial charge is 0.330 e. The number of halogens is 2. The molecule has 0 amide bonds. The number of nitrogens with zero attached hydrogens (tertiary/aromatic N) is 1. The molecule has 0 bridgehead atoms. The first-order valence-corrected chi connectivity index (χ1v) is 3.55. The Kier molecular flexibility index (Phi) is 16.8. The van der Waals surface area contributed by atoms with Crippen LogP contribution in [0.1, 0.15) is 19.8 Å². The Morgan fingerprint density at radius 3 is 2.00 bits per heavy atom. The normalized spacial score (nSPS) is 11.7. The van der Waals surface area contributed by atoms with Crippen molar-refractivity contribution in [1.29, 1.82) is 0 Å². The van der Waals surface area contributed by atoms with Crippen molar-refractivity contribution in [2.45, 2.75) is 25.8 Å². The minimum atomic E-state index is 0. The first-order valence-electron chi connectivity index (χ1n) is 3.55. The van der Waals surface area contributed by atoms with E-state index in [1.54, 1.807) is 0 Å². The van der Waals surface area contributed by atoms with Crippen molar-refractivity contribution in [3.63, 3.8) is 0 Å². The lowest BCUT2D eigenvalue weighted by Crippen LogP contribution is -2.25. The molecule has 0 saturated heterocycles. The van der Waals surface area contributed by atoms with Gasteiger partial charge in [-0.2, -0.15) is 0 Å². The molecule has 1 atom stereocenters. The second-order valence-corrected chi connectivity index (χ2v) is 2.74. The molecule has 2 nitrogen and oxygen atoms in total. The molecule has 0 radical (unpaired) electrons. The second-order valence-electron chi connectivity index (χ2n) is 2.74. The van der Waals surface area contributed by atoms with Gasteiger partial charge in [-0.3, -0.25) is 0 Å². The maximum absolute atomic E-state index is 5.36. The van der Waals surface area contributed by atoms with Gasteiger partial charge in [0, 0.05) is 6.04 Å². The van der Waals surface area contributed by atoms with Crippen molar-refractivity contribution < 1.29 is 0 Å². The van der Waals surface area contributed by atoms with E-state index in [4.69, 9.17) is 5.73 Å². The van der Waals surface area contributed by atoms with Gasteiger partial charge in [0.1, 0.15) is 0 Å². The third kappa shape index (κ3) is 10.5. The lowest BCUT2D eigenvalue weighted by atomic mass is 10.2. The molecule has 0 fully saturated rings. The quantitative estimate of drug-likeness (QED) is 0.750. The fourth-order valence-electron chi connectivity index (χ4n) is 0.671. The molecule has 0 rings (SSSR count). The molecule has 0 aromatic carbocycles. The van der Waals surface area contributed by atoms with Crippen LogP contribution < -0.4 is 5.73 Å². The zero-order valence-corrected chi connectivity index (χ0v) is 9.17. The van der Waals surface area contributed by atoms with E-state index in [9.17, 15) is 0 Å². The number of rotatable bonds is 4. The van der Waals surface area contributed by atoms with E-state index in [0.29, 0.717) is 6.04 Å². The molecule has 0 aliphatic carbocycles.